The molecule has 3 rings (SSSR count). The lowest BCUT2D eigenvalue weighted by atomic mass is 9.75. The molecule has 1 aromatic carbocycles. The zero-order valence-corrected chi connectivity index (χ0v) is 10.8. The van der Waals surface area contributed by atoms with E-state index in [9.17, 15) is 0 Å². The summed E-state index contributed by atoms with van der Waals surface area (Å²) < 4.78 is 0. The Morgan fingerprint density at radius 1 is 1.00 bits per heavy atom. The highest BCUT2D eigenvalue weighted by molar-refractivity contribution is 6.30. The van der Waals surface area contributed by atoms with Crippen molar-refractivity contribution in [2.24, 2.45) is 0 Å². The second-order valence-corrected chi connectivity index (χ2v) is 5.58. The van der Waals surface area contributed by atoms with Crippen molar-refractivity contribution in [2.75, 3.05) is 6.54 Å². The predicted molar refractivity (Wildman–Crippen MR) is 73.2 cm³/mol. The van der Waals surface area contributed by atoms with E-state index in [4.69, 9.17) is 11.6 Å². The molecular weight excluding hydrogens is 230 g/mol. The summed E-state index contributed by atoms with van der Waals surface area (Å²) in [5.74, 6) is 0. The first-order chi connectivity index (χ1) is 8.30. The van der Waals surface area contributed by atoms with E-state index in [2.05, 4.69) is 23.5 Å². The van der Waals surface area contributed by atoms with Gasteiger partial charge in [-0.25, -0.2) is 0 Å². The molecule has 1 fully saturated rings. The number of hydrogen-bond donors (Lipinski definition) is 1. The summed E-state index contributed by atoms with van der Waals surface area (Å²) >= 11 is 5.96. The Balaban J connectivity index is 1.93. The van der Waals surface area contributed by atoms with Gasteiger partial charge in [0.05, 0.1) is 0 Å². The van der Waals surface area contributed by atoms with E-state index in [-0.39, 0.29) is 5.54 Å². The van der Waals surface area contributed by atoms with Gasteiger partial charge in [0, 0.05) is 17.1 Å². The summed E-state index contributed by atoms with van der Waals surface area (Å²) in [6.07, 6.45) is 8.99. The molecule has 2 aliphatic rings. The third kappa shape index (κ3) is 2.02. The summed E-state index contributed by atoms with van der Waals surface area (Å²) in [5.41, 5.74) is 3.08. The molecule has 90 valence electrons. The van der Waals surface area contributed by atoms with Crippen LogP contribution in [0.5, 0.6) is 0 Å². The first kappa shape index (κ1) is 11.3. The summed E-state index contributed by atoms with van der Waals surface area (Å²) in [6.45, 7) is 1.01. The van der Waals surface area contributed by atoms with E-state index >= 15 is 0 Å². The Kier molecular flexibility index (Phi) is 2.97. The van der Waals surface area contributed by atoms with E-state index in [1.54, 1.807) is 0 Å². The Labute approximate surface area is 108 Å². The van der Waals surface area contributed by atoms with Crippen LogP contribution in [0.1, 0.15) is 37.7 Å². The summed E-state index contributed by atoms with van der Waals surface area (Å²) in [5, 5.41) is 4.53. The smallest absolute Gasteiger partial charge is 0.0440 e. The van der Waals surface area contributed by atoms with Gasteiger partial charge >= 0.3 is 0 Å². The van der Waals surface area contributed by atoms with Crippen molar-refractivity contribution in [1.29, 1.82) is 0 Å². The van der Waals surface area contributed by atoms with Gasteiger partial charge in [0.25, 0.3) is 0 Å². The van der Waals surface area contributed by atoms with Crippen LogP contribution in [0.3, 0.4) is 0 Å². The van der Waals surface area contributed by atoms with Gasteiger partial charge in [-0.2, -0.15) is 0 Å². The summed E-state index contributed by atoms with van der Waals surface area (Å²) in [6, 6.07) is 8.29. The molecule has 0 unspecified atom stereocenters. The zero-order chi connectivity index (χ0) is 11.7. The zero-order valence-electron chi connectivity index (χ0n) is 10.0. The molecular formula is C15H18ClN. The highest BCUT2D eigenvalue weighted by atomic mass is 35.5. The summed E-state index contributed by atoms with van der Waals surface area (Å²) in [4.78, 5) is 0. The lowest BCUT2D eigenvalue weighted by Gasteiger charge is -2.37. The molecule has 0 amide bonds. The van der Waals surface area contributed by atoms with E-state index in [1.165, 1.54) is 43.2 Å². The first-order valence-corrected chi connectivity index (χ1v) is 6.90. The predicted octanol–water partition coefficient (Wildman–Crippen LogP) is 4.03. The average Bonchev–Trinajstić information content (AvgIpc) is 2.75. The van der Waals surface area contributed by atoms with Gasteiger partial charge in [0.1, 0.15) is 0 Å². The van der Waals surface area contributed by atoms with Crippen LogP contribution in [0.15, 0.2) is 30.3 Å². The SMILES string of the molecule is Clc1ccc(C2=CCNC23CCCCC3)cc1. The van der Waals surface area contributed by atoms with Crippen molar-refractivity contribution in [1.82, 2.24) is 5.32 Å². The van der Waals surface area contributed by atoms with Crippen molar-refractivity contribution in [3.8, 4) is 0 Å². The van der Waals surface area contributed by atoms with Crippen molar-refractivity contribution in [3.05, 3.63) is 40.9 Å². The minimum absolute atomic E-state index is 0.256. The molecule has 0 aromatic heterocycles. The molecule has 1 saturated carbocycles. The molecule has 0 saturated heterocycles. The van der Waals surface area contributed by atoms with E-state index in [1.807, 2.05) is 12.1 Å². The number of halogens is 1. The van der Waals surface area contributed by atoms with E-state index in [0.717, 1.165) is 11.6 Å². The molecule has 17 heavy (non-hydrogen) atoms. The van der Waals surface area contributed by atoms with Gasteiger partial charge in [-0.15, -0.1) is 0 Å². The second-order valence-electron chi connectivity index (χ2n) is 5.15. The highest BCUT2D eigenvalue weighted by Gasteiger charge is 2.38. The van der Waals surface area contributed by atoms with Crippen LogP contribution in [0, 0.1) is 0 Å². The molecule has 1 aromatic rings. The largest absolute Gasteiger partial charge is 0.304 e. The topological polar surface area (TPSA) is 12.0 Å². The van der Waals surface area contributed by atoms with Gasteiger partial charge in [-0.05, 0) is 36.1 Å². The Hall–Kier alpha value is -0.790. The molecule has 1 aliphatic heterocycles. The molecule has 1 aliphatic carbocycles. The maximum absolute atomic E-state index is 5.96. The van der Waals surface area contributed by atoms with Gasteiger partial charge in [-0.1, -0.05) is 49.1 Å². The van der Waals surface area contributed by atoms with Crippen LogP contribution in [-0.2, 0) is 0 Å². The lowest BCUT2D eigenvalue weighted by molar-refractivity contribution is 0.322. The van der Waals surface area contributed by atoms with Crippen LogP contribution in [0.4, 0.5) is 0 Å². The van der Waals surface area contributed by atoms with Crippen LogP contribution < -0.4 is 5.32 Å². The second kappa shape index (κ2) is 4.47. The van der Waals surface area contributed by atoms with E-state index < -0.39 is 0 Å². The lowest BCUT2D eigenvalue weighted by Crippen LogP contribution is -2.43. The third-order valence-corrected chi connectivity index (χ3v) is 4.38. The number of benzene rings is 1. The number of nitrogens with one attached hydrogen (secondary N) is 1. The molecule has 2 heteroatoms. The van der Waals surface area contributed by atoms with Crippen molar-refractivity contribution < 1.29 is 0 Å². The number of rotatable bonds is 1. The minimum atomic E-state index is 0.256. The van der Waals surface area contributed by atoms with Crippen LogP contribution in [-0.4, -0.2) is 12.1 Å². The normalized spacial score (nSPS) is 22.8. The van der Waals surface area contributed by atoms with Gasteiger partial charge in [0.15, 0.2) is 0 Å². The maximum Gasteiger partial charge on any atom is 0.0440 e. The molecule has 1 heterocycles. The minimum Gasteiger partial charge on any atom is -0.304 e. The first-order valence-electron chi connectivity index (χ1n) is 6.52. The highest BCUT2D eigenvalue weighted by Crippen LogP contribution is 2.41. The molecule has 1 nitrogen and oxygen atoms in total. The Morgan fingerprint density at radius 2 is 1.71 bits per heavy atom. The molecule has 1 N–H and O–H groups in total. The molecule has 0 bridgehead atoms. The van der Waals surface area contributed by atoms with Crippen molar-refractivity contribution in [3.63, 3.8) is 0 Å². The van der Waals surface area contributed by atoms with Gasteiger partial charge < -0.3 is 5.32 Å². The molecule has 0 radical (unpaired) electrons. The fraction of sp³-hybridized carbons (Fsp3) is 0.467. The van der Waals surface area contributed by atoms with Gasteiger partial charge in [0.2, 0.25) is 0 Å². The van der Waals surface area contributed by atoms with Crippen molar-refractivity contribution in [2.45, 2.75) is 37.6 Å². The standard InChI is InChI=1S/C15H18ClN/c16-13-6-4-12(5-7-13)14-8-11-17-15(14)9-2-1-3-10-15/h4-8,17H,1-3,9-11H2. The average molecular weight is 248 g/mol. The molecule has 0 atom stereocenters. The van der Waals surface area contributed by atoms with E-state index in [0.29, 0.717) is 0 Å². The fourth-order valence-electron chi connectivity index (χ4n) is 3.26. The Bertz CT molecular complexity index is 427. The van der Waals surface area contributed by atoms with Crippen LogP contribution >= 0.6 is 11.6 Å². The maximum atomic E-state index is 5.96. The number of hydrogen-bond acceptors (Lipinski definition) is 1. The van der Waals surface area contributed by atoms with Crippen LogP contribution in [0.25, 0.3) is 5.57 Å². The Morgan fingerprint density at radius 3 is 2.41 bits per heavy atom. The molecule has 1 spiro atoms. The fourth-order valence-corrected chi connectivity index (χ4v) is 3.39. The van der Waals surface area contributed by atoms with Gasteiger partial charge in [-0.3, -0.25) is 0 Å². The quantitative estimate of drug-likeness (QED) is 0.790. The third-order valence-electron chi connectivity index (χ3n) is 4.12. The van der Waals surface area contributed by atoms with Crippen LogP contribution in [0.2, 0.25) is 5.02 Å². The monoisotopic (exact) mass is 247 g/mol. The van der Waals surface area contributed by atoms with Crippen molar-refractivity contribution >= 4 is 17.2 Å². The summed E-state index contributed by atoms with van der Waals surface area (Å²) in [7, 11) is 0.